The number of hydrogen-bond acceptors (Lipinski definition) is 4. The molecule has 0 bridgehead atoms. The summed E-state index contributed by atoms with van der Waals surface area (Å²) in [6.07, 6.45) is 5.53. The van der Waals surface area contributed by atoms with Crippen LogP contribution in [0, 0.1) is 6.33 Å². The van der Waals surface area contributed by atoms with E-state index < -0.39 is 0 Å². The fourth-order valence-corrected chi connectivity index (χ4v) is 0.723. The summed E-state index contributed by atoms with van der Waals surface area (Å²) >= 11 is 0. The Morgan fingerprint density at radius 3 is 3.09 bits per heavy atom. The minimum atomic E-state index is 0.529. The van der Waals surface area contributed by atoms with E-state index in [1.165, 1.54) is 6.33 Å². The van der Waals surface area contributed by atoms with Crippen molar-refractivity contribution in [2.45, 2.75) is 0 Å². The maximum Gasteiger partial charge on any atom is 0.201 e. The largest absolute Gasteiger partial charge is 0.285 e. The van der Waals surface area contributed by atoms with Gasteiger partial charge in [-0.3, -0.25) is 5.10 Å². The van der Waals surface area contributed by atoms with Crippen molar-refractivity contribution in [1.29, 1.82) is 0 Å². The van der Waals surface area contributed by atoms with Gasteiger partial charge in [0.05, 0.1) is 0 Å². The summed E-state index contributed by atoms with van der Waals surface area (Å²) in [5, 5.41) is 6.55. The lowest BCUT2D eigenvalue weighted by atomic mass is 10.4. The van der Waals surface area contributed by atoms with Gasteiger partial charge in [0.2, 0.25) is 6.33 Å². The first kappa shape index (κ1) is 5.96. The standard InChI is InChI=1S/C6H4N5/c1-2-10-11-5(1)6-8-3-7-4-9-6/h1-3H,(H,10,11). The predicted molar refractivity (Wildman–Crippen MR) is 36.2 cm³/mol. The molecule has 5 nitrogen and oxygen atoms in total. The molecule has 2 rings (SSSR count). The first-order valence-electron chi connectivity index (χ1n) is 3.02. The molecule has 0 spiro atoms. The van der Waals surface area contributed by atoms with Gasteiger partial charge in [0.1, 0.15) is 12.0 Å². The quantitative estimate of drug-likeness (QED) is 0.617. The molecule has 1 N–H and O–H groups in total. The molecular weight excluding hydrogens is 142 g/mol. The summed E-state index contributed by atoms with van der Waals surface area (Å²) in [7, 11) is 0. The Morgan fingerprint density at radius 2 is 2.45 bits per heavy atom. The number of nitrogens with one attached hydrogen (secondary N) is 1. The zero-order valence-electron chi connectivity index (χ0n) is 5.52. The first-order chi connectivity index (χ1) is 5.47. The van der Waals surface area contributed by atoms with Crippen molar-refractivity contribution < 1.29 is 0 Å². The molecule has 2 aromatic heterocycles. The molecule has 0 saturated heterocycles. The van der Waals surface area contributed by atoms with Gasteiger partial charge in [0.15, 0.2) is 5.82 Å². The van der Waals surface area contributed by atoms with E-state index in [2.05, 4.69) is 31.5 Å². The molecule has 0 aliphatic heterocycles. The van der Waals surface area contributed by atoms with E-state index in [0.717, 1.165) is 0 Å². The van der Waals surface area contributed by atoms with E-state index in [-0.39, 0.29) is 0 Å². The topological polar surface area (TPSA) is 67.3 Å². The molecule has 5 heteroatoms. The van der Waals surface area contributed by atoms with Crippen molar-refractivity contribution >= 4 is 0 Å². The van der Waals surface area contributed by atoms with Gasteiger partial charge >= 0.3 is 0 Å². The van der Waals surface area contributed by atoms with Crippen molar-refractivity contribution in [3.05, 3.63) is 24.9 Å². The number of H-pyrrole nitrogens is 1. The highest BCUT2D eigenvalue weighted by Crippen LogP contribution is 2.06. The lowest BCUT2D eigenvalue weighted by Gasteiger charge is -1.88. The van der Waals surface area contributed by atoms with Crippen molar-refractivity contribution in [2.75, 3.05) is 0 Å². The van der Waals surface area contributed by atoms with E-state index in [4.69, 9.17) is 0 Å². The first-order valence-corrected chi connectivity index (χ1v) is 3.02. The Morgan fingerprint density at radius 1 is 1.45 bits per heavy atom. The molecule has 53 valence electrons. The molecular formula is C6H4N5. The minimum absolute atomic E-state index is 0.529. The summed E-state index contributed by atoms with van der Waals surface area (Å²) in [4.78, 5) is 11.2. The number of aromatic amines is 1. The third-order valence-corrected chi connectivity index (χ3v) is 1.18. The van der Waals surface area contributed by atoms with E-state index in [9.17, 15) is 0 Å². The highest BCUT2D eigenvalue weighted by Gasteiger charge is 1.99. The van der Waals surface area contributed by atoms with Gasteiger partial charge < -0.3 is 0 Å². The van der Waals surface area contributed by atoms with E-state index in [1.807, 2.05) is 0 Å². The second-order valence-electron chi connectivity index (χ2n) is 1.87. The van der Waals surface area contributed by atoms with Crippen LogP contribution in [0.15, 0.2) is 18.6 Å². The maximum absolute atomic E-state index is 3.89. The van der Waals surface area contributed by atoms with Crippen LogP contribution in [0.25, 0.3) is 11.5 Å². The van der Waals surface area contributed by atoms with Gasteiger partial charge in [-0.1, -0.05) is 0 Å². The highest BCUT2D eigenvalue weighted by molar-refractivity contribution is 5.46. The molecule has 0 aromatic carbocycles. The zero-order valence-corrected chi connectivity index (χ0v) is 5.52. The number of rotatable bonds is 1. The average Bonchev–Trinajstić information content (AvgIpc) is 2.58. The fourth-order valence-electron chi connectivity index (χ4n) is 0.723. The van der Waals surface area contributed by atoms with Gasteiger partial charge in [-0.25, -0.2) is 15.0 Å². The lowest BCUT2D eigenvalue weighted by Crippen LogP contribution is -1.89. The van der Waals surface area contributed by atoms with Crippen LogP contribution in [0.1, 0.15) is 0 Å². The Hall–Kier alpha value is -1.78. The van der Waals surface area contributed by atoms with Crippen LogP contribution in [0.5, 0.6) is 0 Å². The van der Waals surface area contributed by atoms with E-state index >= 15 is 0 Å². The summed E-state index contributed by atoms with van der Waals surface area (Å²) < 4.78 is 0. The average molecular weight is 146 g/mol. The highest BCUT2D eigenvalue weighted by atomic mass is 15.1. The van der Waals surface area contributed by atoms with Crippen LogP contribution in [0.3, 0.4) is 0 Å². The Balaban J connectivity index is 2.46. The molecule has 0 atom stereocenters. The summed E-state index contributed by atoms with van der Waals surface area (Å²) in [6.45, 7) is 0. The van der Waals surface area contributed by atoms with E-state index in [0.29, 0.717) is 11.5 Å². The normalized spacial score (nSPS) is 9.82. The minimum Gasteiger partial charge on any atom is -0.285 e. The summed E-state index contributed by atoms with van der Waals surface area (Å²) in [5.41, 5.74) is 0.698. The SMILES string of the molecule is [c]1ncnc(-c2cc[nH]n2)n1. The number of hydrogen-bond donors (Lipinski definition) is 1. The van der Waals surface area contributed by atoms with Crippen LogP contribution < -0.4 is 0 Å². The van der Waals surface area contributed by atoms with Crippen molar-refractivity contribution in [1.82, 2.24) is 25.1 Å². The van der Waals surface area contributed by atoms with Gasteiger partial charge in [-0.2, -0.15) is 5.10 Å². The van der Waals surface area contributed by atoms with Crippen molar-refractivity contribution in [3.63, 3.8) is 0 Å². The summed E-state index contributed by atoms with van der Waals surface area (Å²) in [5.74, 6) is 0.529. The second kappa shape index (κ2) is 2.45. The van der Waals surface area contributed by atoms with Crippen LogP contribution in [-0.4, -0.2) is 25.1 Å². The van der Waals surface area contributed by atoms with Gasteiger partial charge in [0, 0.05) is 6.20 Å². The Labute approximate surface area is 62.5 Å². The lowest BCUT2D eigenvalue weighted by molar-refractivity contribution is 1.01. The van der Waals surface area contributed by atoms with Gasteiger partial charge in [-0.15, -0.1) is 0 Å². The monoisotopic (exact) mass is 146 g/mol. The Bertz CT molecular complexity index is 314. The van der Waals surface area contributed by atoms with Crippen LogP contribution in [0.4, 0.5) is 0 Å². The van der Waals surface area contributed by atoms with Crippen LogP contribution in [0.2, 0.25) is 0 Å². The van der Waals surface area contributed by atoms with Gasteiger partial charge in [-0.05, 0) is 6.07 Å². The van der Waals surface area contributed by atoms with Gasteiger partial charge in [0.25, 0.3) is 0 Å². The molecule has 0 unspecified atom stereocenters. The smallest absolute Gasteiger partial charge is 0.201 e. The fraction of sp³-hybridized carbons (Fsp3) is 0. The van der Waals surface area contributed by atoms with E-state index in [1.54, 1.807) is 12.3 Å². The summed E-state index contributed by atoms with van der Waals surface area (Å²) in [6, 6.07) is 1.78. The Kier molecular flexibility index (Phi) is 1.33. The maximum atomic E-state index is 3.89. The third kappa shape index (κ3) is 1.07. The molecule has 0 aliphatic carbocycles. The van der Waals surface area contributed by atoms with Crippen LogP contribution >= 0.6 is 0 Å². The molecule has 2 aromatic rings. The molecule has 0 aliphatic rings. The second-order valence-corrected chi connectivity index (χ2v) is 1.87. The molecule has 0 fully saturated rings. The van der Waals surface area contributed by atoms with Crippen molar-refractivity contribution in [3.8, 4) is 11.5 Å². The number of aromatic nitrogens is 5. The molecule has 0 saturated carbocycles. The number of nitrogens with zero attached hydrogens (tertiary/aromatic N) is 4. The molecule has 1 radical (unpaired) electrons. The predicted octanol–water partition coefficient (Wildman–Crippen LogP) is 0.0619. The molecule has 11 heavy (non-hydrogen) atoms. The third-order valence-electron chi connectivity index (χ3n) is 1.18. The van der Waals surface area contributed by atoms with Crippen molar-refractivity contribution in [2.24, 2.45) is 0 Å². The van der Waals surface area contributed by atoms with Crippen LogP contribution in [-0.2, 0) is 0 Å². The zero-order chi connectivity index (χ0) is 7.52. The molecule has 2 heterocycles. The molecule has 0 amide bonds.